The lowest BCUT2D eigenvalue weighted by molar-refractivity contribution is 0.0945. The number of nitrogens with one attached hydrogen (secondary N) is 2. The van der Waals surface area contributed by atoms with E-state index in [0.29, 0.717) is 17.3 Å². The van der Waals surface area contributed by atoms with Gasteiger partial charge in [-0.15, -0.1) is 0 Å². The van der Waals surface area contributed by atoms with Crippen molar-refractivity contribution in [2.75, 3.05) is 5.43 Å². The maximum atomic E-state index is 12.3. The number of anilines is 1. The van der Waals surface area contributed by atoms with Crippen LogP contribution in [0.4, 0.5) is 5.69 Å². The summed E-state index contributed by atoms with van der Waals surface area (Å²) in [5.41, 5.74) is 3.92. The number of rotatable bonds is 3. The van der Waals surface area contributed by atoms with E-state index in [1.54, 1.807) is 0 Å². The molecule has 0 saturated heterocycles. The molecule has 1 aromatic carbocycles. The fraction of sp³-hybridized carbons (Fsp3) is 0.533. The van der Waals surface area contributed by atoms with Crippen LogP contribution in [-0.2, 0) is 0 Å². The molecular weight excluding hydrogens is 238 g/mol. The highest BCUT2D eigenvalue weighted by Crippen LogP contribution is 2.65. The topological polar surface area (TPSA) is 67.1 Å². The maximum absolute atomic E-state index is 12.3. The van der Waals surface area contributed by atoms with E-state index in [0.717, 1.165) is 23.7 Å². The first-order valence-corrected chi connectivity index (χ1v) is 7.16. The average Bonchev–Trinajstić information content (AvgIpc) is 2.85. The third kappa shape index (κ3) is 1.59. The Bertz CT molecular complexity index is 514. The van der Waals surface area contributed by atoms with Crippen LogP contribution in [0.2, 0.25) is 0 Å². The number of carbonyl (C=O) groups excluding carboxylic acids is 1. The van der Waals surface area contributed by atoms with Gasteiger partial charge in [0.25, 0.3) is 5.91 Å². The van der Waals surface area contributed by atoms with Gasteiger partial charge in [-0.3, -0.25) is 10.6 Å². The summed E-state index contributed by atoms with van der Waals surface area (Å²) in [6, 6.07) is 7.80. The Morgan fingerprint density at radius 2 is 1.84 bits per heavy atom. The Kier molecular flexibility index (Phi) is 2.36. The van der Waals surface area contributed by atoms with Crippen molar-refractivity contribution < 1.29 is 4.79 Å². The van der Waals surface area contributed by atoms with Crippen LogP contribution in [0.15, 0.2) is 24.3 Å². The Hall–Kier alpha value is -1.55. The number of carbonyl (C=O) groups is 1. The Morgan fingerprint density at radius 1 is 1.16 bits per heavy atom. The second kappa shape index (κ2) is 3.97. The van der Waals surface area contributed by atoms with Crippen LogP contribution < -0.4 is 16.6 Å². The molecule has 4 atom stereocenters. The molecule has 4 nitrogen and oxygen atoms in total. The van der Waals surface area contributed by atoms with Crippen molar-refractivity contribution in [1.29, 1.82) is 0 Å². The van der Waals surface area contributed by atoms with Gasteiger partial charge in [0, 0.05) is 6.04 Å². The van der Waals surface area contributed by atoms with E-state index in [9.17, 15) is 4.79 Å². The summed E-state index contributed by atoms with van der Waals surface area (Å²) in [4.78, 5) is 12.3. The van der Waals surface area contributed by atoms with Crippen LogP contribution in [-0.4, -0.2) is 11.9 Å². The number of fused-ring (bicyclic) bond motifs is 5. The highest BCUT2D eigenvalue weighted by molar-refractivity contribution is 5.99. The molecule has 0 aliphatic heterocycles. The molecule has 2 bridgehead atoms. The summed E-state index contributed by atoms with van der Waals surface area (Å²) < 4.78 is 0. The molecule has 0 radical (unpaired) electrons. The SMILES string of the molecule is NNc1ccccc1C(=O)NC1C2C3CCC(C3)C12. The summed E-state index contributed by atoms with van der Waals surface area (Å²) in [6.07, 6.45) is 4.15. The Morgan fingerprint density at radius 3 is 2.53 bits per heavy atom. The third-order valence-electron chi connectivity index (χ3n) is 5.36. The highest BCUT2D eigenvalue weighted by atomic mass is 16.1. The number of nitrogen functional groups attached to an aromatic ring is 1. The first-order chi connectivity index (χ1) is 9.29. The molecule has 4 N–H and O–H groups in total. The van der Waals surface area contributed by atoms with E-state index in [2.05, 4.69) is 10.7 Å². The molecule has 3 aliphatic carbocycles. The predicted octanol–water partition coefficient (Wildman–Crippen LogP) is 1.75. The number of hydrogen-bond donors (Lipinski definition) is 3. The summed E-state index contributed by atoms with van der Waals surface area (Å²) in [7, 11) is 0. The first-order valence-electron chi connectivity index (χ1n) is 7.16. The molecular formula is C15H19N3O. The van der Waals surface area contributed by atoms with Gasteiger partial charge in [-0.1, -0.05) is 12.1 Å². The zero-order valence-electron chi connectivity index (χ0n) is 10.8. The van der Waals surface area contributed by atoms with Crippen molar-refractivity contribution in [2.24, 2.45) is 29.5 Å². The fourth-order valence-electron chi connectivity index (χ4n) is 4.55. The molecule has 4 rings (SSSR count). The molecule has 3 aliphatic rings. The normalized spacial score (nSPS) is 37.8. The Labute approximate surface area is 112 Å². The number of amides is 1. The lowest BCUT2D eigenvalue weighted by Crippen LogP contribution is -2.30. The zero-order valence-corrected chi connectivity index (χ0v) is 10.8. The fourth-order valence-corrected chi connectivity index (χ4v) is 4.55. The molecule has 19 heavy (non-hydrogen) atoms. The van der Waals surface area contributed by atoms with E-state index < -0.39 is 0 Å². The van der Waals surface area contributed by atoms with Gasteiger partial charge in [0.1, 0.15) is 0 Å². The number of hydrazine groups is 1. The molecule has 0 heterocycles. The van der Waals surface area contributed by atoms with Gasteiger partial charge in [-0.2, -0.15) is 0 Å². The molecule has 4 unspecified atom stereocenters. The van der Waals surface area contributed by atoms with Crippen molar-refractivity contribution in [1.82, 2.24) is 5.32 Å². The first kappa shape index (κ1) is 11.3. The molecule has 3 fully saturated rings. The number of para-hydroxylation sites is 1. The molecule has 100 valence electrons. The van der Waals surface area contributed by atoms with Crippen molar-refractivity contribution in [3.05, 3.63) is 29.8 Å². The van der Waals surface area contributed by atoms with Gasteiger partial charge in [0.2, 0.25) is 0 Å². The van der Waals surface area contributed by atoms with Gasteiger partial charge in [0.15, 0.2) is 0 Å². The number of hydrogen-bond acceptors (Lipinski definition) is 3. The Balaban J connectivity index is 1.48. The maximum Gasteiger partial charge on any atom is 0.253 e. The van der Waals surface area contributed by atoms with E-state index in [4.69, 9.17) is 5.84 Å². The van der Waals surface area contributed by atoms with Gasteiger partial charge in [-0.25, -0.2) is 0 Å². The highest BCUT2D eigenvalue weighted by Gasteiger charge is 2.65. The average molecular weight is 257 g/mol. The molecule has 1 amide bonds. The van der Waals surface area contributed by atoms with Crippen molar-refractivity contribution in [3.8, 4) is 0 Å². The smallest absolute Gasteiger partial charge is 0.253 e. The van der Waals surface area contributed by atoms with Crippen molar-refractivity contribution >= 4 is 11.6 Å². The van der Waals surface area contributed by atoms with Gasteiger partial charge in [-0.05, 0) is 55.1 Å². The van der Waals surface area contributed by atoms with Crippen molar-refractivity contribution in [3.63, 3.8) is 0 Å². The van der Waals surface area contributed by atoms with Gasteiger partial charge >= 0.3 is 0 Å². The third-order valence-corrected chi connectivity index (χ3v) is 5.36. The van der Waals surface area contributed by atoms with E-state index in [1.165, 1.54) is 19.3 Å². The predicted molar refractivity (Wildman–Crippen MR) is 73.3 cm³/mol. The summed E-state index contributed by atoms with van der Waals surface area (Å²) in [6.45, 7) is 0. The largest absolute Gasteiger partial charge is 0.349 e. The van der Waals surface area contributed by atoms with E-state index >= 15 is 0 Å². The van der Waals surface area contributed by atoms with Crippen LogP contribution in [0.5, 0.6) is 0 Å². The number of benzene rings is 1. The quantitative estimate of drug-likeness (QED) is 0.571. The van der Waals surface area contributed by atoms with Gasteiger partial charge in [0.05, 0.1) is 11.3 Å². The molecule has 0 aromatic heterocycles. The second-order valence-electron chi connectivity index (χ2n) is 6.18. The summed E-state index contributed by atoms with van der Waals surface area (Å²) in [5.74, 6) is 8.74. The van der Waals surface area contributed by atoms with Crippen molar-refractivity contribution in [2.45, 2.75) is 25.3 Å². The lowest BCUT2D eigenvalue weighted by Gasteiger charge is -2.12. The van der Waals surface area contributed by atoms with E-state index in [-0.39, 0.29) is 5.91 Å². The van der Waals surface area contributed by atoms with Crippen LogP contribution >= 0.6 is 0 Å². The lowest BCUT2D eigenvalue weighted by atomic mass is 10.0. The minimum Gasteiger partial charge on any atom is -0.349 e. The van der Waals surface area contributed by atoms with Crippen LogP contribution in [0.25, 0.3) is 0 Å². The van der Waals surface area contributed by atoms with E-state index in [1.807, 2.05) is 24.3 Å². The molecule has 4 heteroatoms. The monoisotopic (exact) mass is 257 g/mol. The van der Waals surface area contributed by atoms with Crippen LogP contribution in [0, 0.1) is 23.7 Å². The zero-order chi connectivity index (χ0) is 13.0. The number of nitrogens with two attached hydrogens (primary N) is 1. The molecule has 0 spiro atoms. The minimum atomic E-state index is 0.00681. The molecule has 1 aromatic rings. The van der Waals surface area contributed by atoms with Crippen LogP contribution in [0.1, 0.15) is 29.6 Å². The minimum absolute atomic E-state index is 0.00681. The van der Waals surface area contributed by atoms with Gasteiger partial charge < -0.3 is 10.7 Å². The van der Waals surface area contributed by atoms with Crippen LogP contribution in [0.3, 0.4) is 0 Å². The standard InChI is InChI=1S/C15H19N3O/c16-18-11-4-2-1-3-10(11)15(19)17-14-12-8-5-6-9(7-8)13(12)14/h1-4,8-9,12-14,18H,5-7,16H2,(H,17,19). The molecule has 3 saturated carbocycles. The summed E-state index contributed by atoms with van der Waals surface area (Å²) in [5, 5.41) is 3.21. The second-order valence-corrected chi connectivity index (χ2v) is 6.18. The summed E-state index contributed by atoms with van der Waals surface area (Å²) >= 11 is 0.